The van der Waals surface area contributed by atoms with Crippen molar-refractivity contribution in [1.82, 2.24) is 14.7 Å². The van der Waals surface area contributed by atoms with E-state index in [4.69, 9.17) is 16.3 Å². The lowest BCUT2D eigenvalue weighted by Crippen LogP contribution is -2.20. The Balaban J connectivity index is 1.84. The maximum absolute atomic E-state index is 12.5. The molecular weight excluding hydrogens is 486 g/mol. The maximum Gasteiger partial charge on any atom is 0.323 e. The summed E-state index contributed by atoms with van der Waals surface area (Å²) < 4.78 is 8.52. The molecule has 0 radical (unpaired) electrons. The summed E-state index contributed by atoms with van der Waals surface area (Å²) in [6, 6.07) is 9.32. The largest absolute Gasteiger partial charge is 0.506 e. The number of hydrogen-bond donors (Lipinski definition) is 3. The Morgan fingerprint density at radius 3 is 2.68 bits per heavy atom. The average molecular weight is 509 g/mol. The van der Waals surface area contributed by atoms with Gasteiger partial charge in [0.1, 0.15) is 18.1 Å². The number of aromatic nitrogens is 2. The van der Waals surface area contributed by atoms with E-state index in [0.29, 0.717) is 23.1 Å². The lowest BCUT2D eigenvalue weighted by Gasteiger charge is -2.16. The van der Waals surface area contributed by atoms with Crippen molar-refractivity contribution >= 4 is 44.9 Å². The lowest BCUT2D eigenvalue weighted by atomic mass is 10.1. The monoisotopic (exact) mass is 507 g/mol. The van der Waals surface area contributed by atoms with Crippen molar-refractivity contribution in [2.24, 2.45) is 7.05 Å². The quantitative estimate of drug-likeness (QED) is 0.399. The Hall–Kier alpha value is -2.75. The molecule has 0 aliphatic rings. The third-order valence-electron chi connectivity index (χ3n) is 4.39. The first-order valence-corrected chi connectivity index (χ1v) is 10.6. The molecule has 10 heteroatoms. The van der Waals surface area contributed by atoms with E-state index in [1.807, 2.05) is 32.1 Å². The standard InChI is InChI=1S/C21H23BrClN5O3/c1-27(2)8-9-31-19-7-5-14(11-15(19)20-16(22)12-24-28(20)3)25-21(30)26-17-6-4-13(23)10-18(17)29/h4-7,10-12,29H,8-9H2,1-3H3,(H2,25,26,30). The second kappa shape index (κ2) is 10.0. The van der Waals surface area contributed by atoms with Crippen molar-refractivity contribution in [3.05, 3.63) is 52.1 Å². The van der Waals surface area contributed by atoms with Gasteiger partial charge in [-0.1, -0.05) is 11.6 Å². The fourth-order valence-corrected chi connectivity index (χ4v) is 3.59. The molecule has 0 bridgehead atoms. The van der Waals surface area contributed by atoms with Crippen LogP contribution in [0.1, 0.15) is 0 Å². The first-order valence-electron chi connectivity index (χ1n) is 9.40. The van der Waals surface area contributed by atoms with Gasteiger partial charge in [-0.3, -0.25) is 4.68 Å². The molecule has 3 rings (SSSR count). The van der Waals surface area contributed by atoms with Gasteiger partial charge in [-0.2, -0.15) is 5.10 Å². The summed E-state index contributed by atoms with van der Waals surface area (Å²) in [7, 11) is 5.79. The molecule has 0 spiro atoms. The average Bonchev–Trinajstić information content (AvgIpc) is 3.03. The number of nitrogens with zero attached hydrogens (tertiary/aromatic N) is 3. The SMILES string of the molecule is CN(C)CCOc1ccc(NC(=O)Nc2ccc(Cl)cc2O)cc1-c1c(Br)cnn1C. The first-order chi connectivity index (χ1) is 14.7. The van der Waals surface area contributed by atoms with Gasteiger partial charge in [-0.25, -0.2) is 4.79 Å². The number of carbonyl (C=O) groups is 1. The molecule has 1 aromatic heterocycles. The maximum atomic E-state index is 12.5. The second-order valence-electron chi connectivity index (χ2n) is 7.07. The molecular formula is C21H23BrClN5O3. The predicted octanol–water partition coefficient (Wildman–Crippen LogP) is 4.79. The Kier molecular flexibility index (Phi) is 7.42. The van der Waals surface area contributed by atoms with Crippen LogP contribution in [0.15, 0.2) is 47.1 Å². The molecule has 3 N–H and O–H groups in total. The number of phenolic OH excluding ortho intramolecular Hbond substituents is 1. The van der Waals surface area contributed by atoms with Crippen LogP contribution in [0.4, 0.5) is 16.2 Å². The Morgan fingerprint density at radius 1 is 1.26 bits per heavy atom. The molecule has 1 heterocycles. The smallest absolute Gasteiger partial charge is 0.323 e. The summed E-state index contributed by atoms with van der Waals surface area (Å²) in [6.07, 6.45) is 1.70. The number of rotatable bonds is 7. The molecule has 31 heavy (non-hydrogen) atoms. The van der Waals surface area contributed by atoms with Gasteiger partial charge in [0.05, 0.1) is 22.1 Å². The normalized spacial score (nSPS) is 10.9. The molecule has 0 saturated heterocycles. The van der Waals surface area contributed by atoms with Gasteiger partial charge >= 0.3 is 6.03 Å². The van der Waals surface area contributed by atoms with E-state index in [1.165, 1.54) is 12.1 Å². The third-order valence-corrected chi connectivity index (χ3v) is 5.21. The van der Waals surface area contributed by atoms with Gasteiger partial charge in [-0.15, -0.1) is 0 Å². The molecule has 0 atom stereocenters. The van der Waals surface area contributed by atoms with Gasteiger partial charge in [0, 0.05) is 35.9 Å². The summed E-state index contributed by atoms with van der Waals surface area (Å²) in [5.41, 5.74) is 2.39. The zero-order valence-corrected chi connectivity index (χ0v) is 19.7. The molecule has 2 amide bonds. The van der Waals surface area contributed by atoms with Crippen LogP contribution in [0.25, 0.3) is 11.3 Å². The summed E-state index contributed by atoms with van der Waals surface area (Å²) in [4.78, 5) is 14.5. The van der Waals surface area contributed by atoms with Crippen molar-refractivity contribution in [2.45, 2.75) is 0 Å². The predicted molar refractivity (Wildman–Crippen MR) is 126 cm³/mol. The summed E-state index contributed by atoms with van der Waals surface area (Å²) in [6.45, 7) is 1.28. The molecule has 2 aromatic carbocycles. The van der Waals surface area contributed by atoms with Gasteiger partial charge < -0.3 is 25.4 Å². The van der Waals surface area contributed by atoms with Crippen LogP contribution < -0.4 is 15.4 Å². The molecule has 0 fully saturated rings. The highest BCUT2D eigenvalue weighted by Crippen LogP contribution is 2.37. The summed E-state index contributed by atoms with van der Waals surface area (Å²) in [5.74, 6) is 0.555. The van der Waals surface area contributed by atoms with E-state index in [2.05, 4.69) is 31.7 Å². The molecule has 0 aliphatic heterocycles. The van der Waals surface area contributed by atoms with E-state index in [-0.39, 0.29) is 11.4 Å². The minimum absolute atomic E-state index is 0.119. The van der Waals surface area contributed by atoms with Crippen LogP contribution in [-0.4, -0.2) is 53.1 Å². The molecule has 8 nitrogen and oxygen atoms in total. The van der Waals surface area contributed by atoms with Crippen LogP contribution in [-0.2, 0) is 7.05 Å². The van der Waals surface area contributed by atoms with Gasteiger partial charge in [0.25, 0.3) is 0 Å². The number of likely N-dealkylation sites (N-methyl/N-ethyl adjacent to an activating group) is 1. The zero-order chi connectivity index (χ0) is 22.5. The number of aromatic hydroxyl groups is 1. The number of benzene rings is 2. The third kappa shape index (κ3) is 5.90. The number of amides is 2. The van der Waals surface area contributed by atoms with Crippen LogP contribution in [0, 0.1) is 0 Å². The minimum Gasteiger partial charge on any atom is -0.506 e. The number of anilines is 2. The fourth-order valence-electron chi connectivity index (χ4n) is 2.87. The van der Waals surface area contributed by atoms with Crippen LogP contribution in [0.2, 0.25) is 5.02 Å². The highest BCUT2D eigenvalue weighted by atomic mass is 79.9. The van der Waals surface area contributed by atoms with E-state index < -0.39 is 6.03 Å². The van der Waals surface area contributed by atoms with Crippen molar-refractivity contribution in [1.29, 1.82) is 0 Å². The highest BCUT2D eigenvalue weighted by molar-refractivity contribution is 9.10. The van der Waals surface area contributed by atoms with E-state index in [0.717, 1.165) is 22.3 Å². The molecule has 0 unspecified atom stereocenters. The lowest BCUT2D eigenvalue weighted by molar-refractivity contribution is 0.261. The van der Waals surface area contributed by atoms with Gasteiger partial charge in [0.2, 0.25) is 0 Å². The van der Waals surface area contributed by atoms with E-state index >= 15 is 0 Å². The number of nitrogens with one attached hydrogen (secondary N) is 2. The Bertz CT molecular complexity index is 1070. The van der Waals surface area contributed by atoms with Crippen LogP contribution in [0.5, 0.6) is 11.5 Å². The second-order valence-corrected chi connectivity index (χ2v) is 8.36. The van der Waals surface area contributed by atoms with Gasteiger partial charge in [-0.05, 0) is 60.4 Å². The van der Waals surface area contributed by atoms with Crippen molar-refractivity contribution in [3.8, 4) is 22.8 Å². The van der Waals surface area contributed by atoms with E-state index in [9.17, 15) is 9.90 Å². The molecule has 0 aliphatic carbocycles. The number of aryl methyl sites for hydroxylation is 1. The fraction of sp³-hybridized carbons (Fsp3) is 0.238. The number of halogens is 2. The summed E-state index contributed by atoms with van der Waals surface area (Å²) in [5, 5.41) is 20.0. The number of hydrogen-bond acceptors (Lipinski definition) is 5. The molecule has 3 aromatic rings. The molecule has 0 saturated carbocycles. The highest BCUT2D eigenvalue weighted by Gasteiger charge is 2.16. The van der Waals surface area contributed by atoms with Crippen LogP contribution in [0.3, 0.4) is 0 Å². The number of ether oxygens (including phenoxy) is 1. The summed E-state index contributed by atoms with van der Waals surface area (Å²) >= 11 is 9.36. The molecule has 164 valence electrons. The van der Waals surface area contributed by atoms with Gasteiger partial charge in [0.15, 0.2) is 0 Å². The number of urea groups is 1. The topological polar surface area (TPSA) is 91.7 Å². The van der Waals surface area contributed by atoms with Crippen molar-refractivity contribution in [3.63, 3.8) is 0 Å². The van der Waals surface area contributed by atoms with E-state index in [1.54, 1.807) is 29.1 Å². The zero-order valence-electron chi connectivity index (χ0n) is 17.3. The number of carbonyl (C=O) groups excluding carboxylic acids is 1. The Labute approximate surface area is 193 Å². The first kappa shape index (κ1) is 22.9. The number of phenols is 1. The van der Waals surface area contributed by atoms with Crippen LogP contribution >= 0.6 is 27.5 Å². The van der Waals surface area contributed by atoms with Crippen molar-refractivity contribution in [2.75, 3.05) is 37.9 Å². The minimum atomic E-state index is -0.506. The van der Waals surface area contributed by atoms with Crippen molar-refractivity contribution < 1.29 is 14.6 Å². The Morgan fingerprint density at radius 2 is 2.03 bits per heavy atom.